The number of hydrogen-bond donors (Lipinski definition) is 1. The fourth-order valence-electron chi connectivity index (χ4n) is 3.02. The van der Waals surface area contributed by atoms with Crippen molar-refractivity contribution in [2.24, 2.45) is 0 Å². The van der Waals surface area contributed by atoms with Gasteiger partial charge in [0.1, 0.15) is 0 Å². The van der Waals surface area contributed by atoms with Crippen LogP contribution in [0.15, 0.2) is 23.7 Å². The first-order valence-electron chi connectivity index (χ1n) is 8.12. The van der Waals surface area contributed by atoms with Gasteiger partial charge in [-0.3, -0.25) is 4.98 Å². The summed E-state index contributed by atoms with van der Waals surface area (Å²) >= 11 is 1.77. The lowest BCUT2D eigenvalue weighted by Gasteiger charge is -2.26. The lowest BCUT2D eigenvalue weighted by atomic mass is 10.1. The summed E-state index contributed by atoms with van der Waals surface area (Å²) in [7, 11) is 0. The molecule has 3 nitrogen and oxygen atoms in total. The third-order valence-electron chi connectivity index (χ3n) is 4.37. The summed E-state index contributed by atoms with van der Waals surface area (Å²) < 4.78 is 1.29. The minimum Gasteiger partial charge on any atom is -0.310 e. The molecule has 4 heteroatoms. The van der Waals surface area contributed by atoms with E-state index in [1.165, 1.54) is 55.6 Å². The second kappa shape index (κ2) is 7.34. The molecule has 1 saturated heterocycles. The first-order valence-corrected chi connectivity index (χ1v) is 9.00. The molecule has 1 aliphatic heterocycles. The molecule has 0 bridgehead atoms. The van der Waals surface area contributed by atoms with E-state index in [4.69, 9.17) is 0 Å². The Hall–Kier alpha value is -0.970. The van der Waals surface area contributed by atoms with Gasteiger partial charge in [-0.05, 0) is 75.4 Å². The Morgan fingerprint density at radius 2 is 2.19 bits per heavy atom. The first-order chi connectivity index (χ1) is 10.3. The Morgan fingerprint density at radius 1 is 1.33 bits per heavy atom. The number of fused-ring (bicyclic) bond motifs is 1. The van der Waals surface area contributed by atoms with E-state index < -0.39 is 0 Å². The SMILES string of the molecule is CC(NCCCN1CCCCC1)c1cnc2ccsc2c1. The highest BCUT2D eigenvalue weighted by Crippen LogP contribution is 2.22. The number of nitrogens with zero attached hydrogens (tertiary/aromatic N) is 2. The van der Waals surface area contributed by atoms with E-state index in [1.54, 1.807) is 11.3 Å². The molecule has 3 rings (SSSR count). The Morgan fingerprint density at radius 3 is 3.05 bits per heavy atom. The quantitative estimate of drug-likeness (QED) is 0.822. The molecule has 1 atom stereocenters. The fraction of sp³-hybridized carbons (Fsp3) is 0.588. The monoisotopic (exact) mass is 303 g/mol. The van der Waals surface area contributed by atoms with Gasteiger partial charge in [0.25, 0.3) is 0 Å². The third-order valence-corrected chi connectivity index (χ3v) is 5.23. The Bertz CT molecular complexity index is 560. The molecule has 3 heterocycles. The van der Waals surface area contributed by atoms with Gasteiger partial charge in [0.05, 0.1) is 10.2 Å². The number of likely N-dealkylation sites (tertiary alicyclic amines) is 1. The smallest absolute Gasteiger partial charge is 0.0809 e. The average molecular weight is 303 g/mol. The highest BCUT2D eigenvalue weighted by molar-refractivity contribution is 7.17. The van der Waals surface area contributed by atoms with Crippen LogP contribution < -0.4 is 5.32 Å². The lowest BCUT2D eigenvalue weighted by Crippen LogP contribution is -2.32. The molecular weight excluding hydrogens is 278 g/mol. The van der Waals surface area contributed by atoms with Gasteiger partial charge in [0, 0.05) is 12.2 Å². The summed E-state index contributed by atoms with van der Waals surface area (Å²) in [5.41, 5.74) is 2.41. The minimum absolute atomic E-state index is 0.380. The number of aromatic nitrogens is 1. The van der Waals surface area contributed by atoms with Crippen molar-refractivity contribution in [3.8, 4) is 0 Å². The molecule has 114 valence electrons. The van der Waals surface area contributed by atoms with Crippen LogP contribution in [-0.4, -0.2) is 36.1 Å². The molecule has 0 radical (unpaired) electrons. The predicted molar refractivity (Wildman–Crippen MR) is 90.9 cm³/mol. The standard InChI is InChI=1S/C17H25N3S/c1-14(15-12-17-16(19-13-15)6-11-21-17)18-7-5-10-20-8-3-2-4-9-20/h6,11-14,18H,2-5,7-10H2,1H3. The largest absolute Gasteiger partial charge is 0.310 e. The maximum Gasteiger partial charge on any atom is 0.0809 e. The average Bonchev–Trinajstić information content (AvgIpc) is 3.00. The zero-order chi connectivity index (χ0) is 14.5. The van der Waals surface area contributed by atoms with E-state index in [1.807, 2.05) is 6.20 Å². The van der Waals surface area contributed by atoms with E-state index in [0.717, 1.165) is 12.1 Å². The van der Waals surface area contributed by atoms with E-state index >= 15 is 0 Å². The lowest BCUT2D eigenvalue weighted by molar-refractivity contribution is 0.225. The summed E-state index contributed by atoms with van der Waals surface area (Å²) in [5.74, 6) is 0. The molecule has 2 aromatic heterocycles. The minimum atomic E-state index is 0.380. The number of pyridine rings is 1. The molecule has 0 aromatic carbocycles. The summed E-state index contributed by atoms with van der Waals surface area (Å²) in [5, 5.41) is 5.74. The molecule has 0 aliphatic carbocycles. The zero-order valence-electron chi connectivity index (χ0n) is 12.8. The highest BCUT2D eigenvalue weighted by Gasteiger charge is 2.10. The molecule has 0 spiro atoms. The predicted octanol–water partition coefficient (Wildman–Crippen LogP) is 3.82. The zero-order valence-corrected chi connectivity index (χ0v) is 13.7. The van der Waals surface area contributed by atoms with Crippen LogP contribution in [0, 0.1) is 0 Å². The van der Waals surface area contributed by atoms with Gasteiger partial charge in [0.15, 0.2) is 0 Å². The normalized spacial score (nSPS) is 18.1. The summed E-state index contributed by atoms with van der Waals surface area (Å²) in [6.45, 7) is 7.16. The van der Waals surface area contributed by atoms with E-state index in [0.29, 0.717) is 6.04 Å². The van der Waals surface area contributed by atoms with Crippen LogP contribution in [0.2, 0.25) is 0 Å². The topological polar surface area (TPSA) is 28.2 Å². The fourth-order valence-corrected chi connectivity index (χ4v) is 3.81. The van der Waals surface area contributed by atoms with Crippen LogP contribution in [0.5, 0.6) is 0 Å². The maximum atomic E-state index is 4.53. The molecule has 1 N–H and O–H groups in total. The number of thiophene rings is 1. The van der Waals surface area contributed by atoms with Gasteiger partial charge >= 0.3 is 0 Å². The van der Waals surface area contributed by atoms with Crippen LogP contribution in [0.25, 0.3) is 10.2 Å². The van der Waals surface area contributed by atoms with Crippen molar-refractivity contribution in [2.45, 2.75) is 38.6 Å². The molecule has 0 amide bonds. The van der Waals surface area contributed by atoms with Crippen molar-refractivity contribution in [3.05, 3.63) is 29.3 Å². The van der Waals surface area contributed by atoms with Crippen molar-refractivity contribution >= 4 is 21.6 Å². The van der Waals surface area contributed by atoms with Crippen LogP contribution >= 0.6 is 11.3 Å². The van der Waals surface area contributed by atoms with E-state index in [9.17, 15) is 0 Å². The Labute approximate surface area is 131 Å². The summed E-state index contributed by atoms with van der Waals surface area (Å²) in [6.07, 6.45) is 7.44. The van der Waals surface area contributed by atoms with Gasteiger partial charge in [-0.15, -0.1) is 11.3 Å². The van der Waals surface area contributed by atoms with Crippen molar-refractivity contribution in [2.75, 3.05) is 26.2 Å². The molecule has 1 fully saturated rings. The van der Waals surface area contributed by atoms with Gasteiger partial charge in [-0.25, -0.2) is 0 Å². The number of hydrogen-bond acceptors (Lipinski definition) is 4. The number of rotatable bonds is 6. The van der Waals surface area contributed by atoms with Crippen LogP contribution in [0.4, 0.5) is 0 Å². The van der Waals surface area contributed by atoms with Crippen LogP contribution in [0.1, 0.15) is 44.2 Å². The van der Waals surface area contributed by atoms with Gasteiger partial charge in [-0.2, -0.15) is 0 Å². The first kappa shape index (κ1) is 14.9. The Kier molecular flexibility index (Phi) is 5.22. The second-order valence-electron chi connectivity index (χ2n) is 6.00. The molecule has 0 saturated carbocycles. The van der Waals surface area contributed by atoms with Crippen molar-refractivity contribution < 1.29 is 0 Å². The Balaban J connectivity index is 1.43. The van der Waals surface area contributed by atoms with Gasteiger partial charge in [-0.1, -0.05) is 6.42 Å². The van der Waals surface area contributed by atoms with Crippen molar-refractivity contribution in [1.29, 1.82) is 0 Å². The second-order valence-corrected chi connectivity index (χ2v) is 6.95. The van der Waals surface area contributed by atoms with Gasteiger partial charge < -0.3 is 10.2 Å². The van der Waals surface area contributed by atoms with Crippen LogP contribution in [-0.2, 0) is 0 Å². The molecule has 2 aromatic rings. The molecule has 1 aliphatic rings. The van der Waals surface area contributed by atoms with Crippen molar-refractivity contribution in [3.63, 3.8) is 0 Å². The summed E-state index contributed by atoms with van der Waals surface area (Å²) in [4.78, 5) is 7.13. The number of piperidine rings is 1. The van der Waals surface area contributed by atoms with E-state index in [2.05, 4.69) is 39.6 Å². The third kappa shape index (κ3) is 4.02. The number of nitrogens with one attached hydrogen (secondary N) is 1. The van der Waals surface area contributed by atoms with Crippen molar-refractivity contribution in [1.82, 2.24) is 15.2 Å². The molecular formula is C17H25N3S. The highest BCUT2D eigenvalue weighted by atomic mass is 32.1. The molecule has 21 heavy (non-hydrogen) atoms. The van der Waals surface area contributed by atoms with E-state index in [-0.39, 0.29) is 0 Å². The van der Waals surface area contributed by atoms with Crippen LogP contribution in [0.3, 0.4) is 0 Å². The van der Waals surface area contributed by atoms with Gasteiger partial charge in [0.2, 0.25) is 0 Å². The molecule has 1 unspecified atom stereocenters. The maximum absolute atomic E-state index is 4.53. The summed E-state index contributed by atoms with van der Waals surface area (Å²) in [6, 6.07) is 4.74.